The van der Waals surface area contributed by atoms with Crippen LogP contribution in [0.3, 0.4) is 0 Å². The third-order valence-corrected chi connectivity index (χ3v) is 6.87. The van der Waals surface area contributed by atoms with Crippen molar-refractivity contribution in [2.45, 2.75) is 36.0 Å². The van der Waals surface area contributed by atoms with Crippen LogP contribution < -0.4 is 15.0 Å². The van der Waals surface area contributed by atoms with Crippen LogP contribution in [0.25, 0.3) is 0 Å². The Morgan fingerprint density at radius 3 is 2.50 bits per heavy atom. The molecule has 1 N–H and O–H groups in total. The number of benzene rings is 2. The van der Waals surface area contributed by atoms with Crippen LogP contribution in [0.1, 0.15) is 19.8 Å². The number of hydrogen-bond acceptors (Lipinski definition) is 5. The van der Waals surface area contributed by atoms with Gasteiger partial charge in [0.15, 0.2) is 9.84 Å². The number of fused-ring (bicyclic) bond motifs is 1. The number of hydrogen-bond donors (Lipinski definition) is 1. The molecule has 1 amide bonds. The fraction of sp³-hybridized carbons (Fsp3) is 0.316. The van der Waals surface area contributed by atoms with E-state index in [4.69, 9.17) is 4.74 Å². The second-order valence-electron chi connectivity index (χ2n) is 6.76. The molecule has 1 aliphatic carbocycles. The van der Waals surface area contributed by atoms with Gasteiger partial charge in [0.05, 0.1) is 21.5 Å². The molecule has 7 heteroatoms. The first kappa shape index (κ1) is 16.9. The van der Waals surface area contributed by atoms with E-state index in [1.54, 1.807) is 4.90 Å². The third-order valence-electron chi connectivity index (χ3n) is 4.59. The maximum Gasteiger partial charge on any atom is 0.419 e. The zero-order valence-corrected chi connectivity index (χ0v) is 15.2. The first-order chi connectivity index (χ1) is 12.4. The number of rotatable bonds is 3. The summed E-state index contributed by atoms with van der Waals surface area (Å²) >= 11 is 0. The first-order valence-corrected chi connectivity index (χ1v) is 10.2. The van der Waals surface area contributed by atoms with Crippen LogP contribution in [0.4, 0.5) is 16.2 Å². The van der Waals surface area contributed by atoms with Crippen LogP contribution in [0.5, 0.6) is 5.75 Å². The zero-order valence-electron chi connectivity index (χ0n) is 14.4. The lowest BCUT2D eigenvalue weighted by atomic mass is 10.1. The minimum atomic E-state index is -3.24. The van der Waals surface area contributed by atoms with E-state index in [9.17, 15) is 13.2 Å². The predicted molar refractivity (Wildman–Crippen MR) is 99.5 cm³/mol. The molecule has 26 heavy (non-hydrogen) atoms. The van der Waals surface area contributed by atoms with Crippen molar-refractivity contribution in [2.75, 3.05) is 16.8 Å². The molecule has 136 valence electrons. The highest BCUT2D eigenvalue weighted by molar-refractivity contribution is 7.92. The molecule has 2 aliphatic rings. The molecule has 1 heterocycles. The summed E-state index contributed by atoms with van der Waals surface area (Å²) in [7, 11) is -3.24. The van der Waals surface area contributed by atoms with E-state index >= 15 is 0 Å². The Hall–Kier alpha value is -2.54. The van der Waals surface area contributed by atoms with Gasteiger partial charge < -0.3 is 10.1 Å². The smallest absolute Gasteiger partial charge is 0.410 e. The van der Waals surface area contributed by atoms with Crippen LogP contribution >= 0.6 is 0 Å². The molecular formula is C19H20N2O4S. The summed E-state index contributed by atoms with van der Waals surface area (Å²) < 4.78 is 29.9. The lowest BCUT2D eigenvalue weighted by molar-refractivity contribution is 0.207. The number of para-hydroxylation sites is 2. The summed E-state index contributed by atoms with van der Waals surface area (Å²) in [5.74, 6) is 0.327. The summed E-state index contributed by atoms with van der Waals surface area (Å²) in [4.78, 5) is 14.5. The fourth-order valence-electron chi connectivity index (χ4n) is 3.11. The third kappa shape index (κ3) is 3.14. The molecule has 6 nitrogen and oxygen atoms in total. The minimum Gasteiger partial charge on any atom is -0.410 e. The number of anilines is 2. The van der Waals surface area contributed by atoms with Crippen molar-refractivity contribution in [3.8, 4) is 5.75 Å². The number of amides is 1. The Labute approximate surface area is 152 Å². The second kappa shape index (κ2) is 6.32. The summed E-state index contributed by atoms with van der Waals surface area (Å²) in [6.45, 7) is 2.48. The maximum absolute atomic E-state index is 12.6. The van der Waals surface area contributed by atoms with Crippen molar-refractivity contribution in [2.24, 2.45) is 0 Å². The highest BCUT2D eigenvalue weighted by Crippen LogP contribution is 2.34. The molecule has 0 bridgehead atoms. The van der Waals surface area contributed by atoms with Crippen LogP contribution in [0, 0.1) is 0 Å². The molecule has 1 atom stereocenters. The maximum atomic E-state index is 12.6. The molecule has 1 saturated carbocycles. The number of ether oxygens (including phenoxy) is 1. The highest BCUT2D eigenvalue weighted by atomic mass is 32.2. The molecule has 2 aromatic rings. The van der Waals surface area contributed by atoms with Gasteiger partial charge in [-0.15, -0.1) is 0 Å². The van der Waals surface area contributed by atoms with E-state index < -0.39 is 15.9 Å². The van der Waals surface area contributed by atoms with Gasteiger partial charge >= 0.3 is 6.09 Å². The Bertz CT molecular complexity index is 936. The van der Waals surface area contributed by atoms with E-state index in [0.717, 1.165) is 24.2 Å². The fourth-order valence-corrected chi connectivity index (χ4v) is 4.77. The van der Waals surface area contributed by atoms with Gasteiger partial charge in [0.25, 0.3) is 0 Å². The lowest BCUT2D eigenvalue weighted by Crippen LogP contribution is -2.44. The Morgan fingerprint density at radius 2 is 1.81 bits per heavy atom. The summed E-state index contributed by atoms with van der Waals surface area (Å²) in [6.07, 6.45) is 0.961. The molecule has 1 unspecified atom stereocenters. The highest BCUT2D eigenvalue weighted by Gasteiger charge is 2.36. The standard InChI is InChI=1S/C19H20N2O4S/c1-13-12-21(18-5-3-2-4-17(18)20-13)19(22)25-14-6-8-15(9-7-14)26(23,24)16-10-11-16/h2-9,13,16,20H,10-12H2,1H3. The van der Waals surface area contributed by atoms with Gasteiger partial charge in [-0.3, -0.25) is 4.90 Å². The van der Waals surface area contributed by atoms with Crippen molar-refractivity contribution in [1.82, 2.24) is 0 Å². The first-order valence-electron chi connectivity index (χ1n) is 8.64. The molecule has 0 saturated heterocycles. The molecular weight excluding hydrogens is 352 g/mol. The normalized spacial score (nSPS) is 19.4. The van der Waals surface area contributed by atoms with Crippen molar-refractivity contribution in [1.29, 1.82) is 0 Å². The number of carbonyl (C=O) groups excluding carboxylic acids is 1. The molecule has 4 rings (SSSR count). The van der Waals surface area contributed by atoms with Crippen molar-refractivity contribution < 1.29 is 17.9 Å². The number of nitrogens with one attached hydrogen (secondary N) is 1. The zero-order chi connectivity index (χ0) is 18.3. The average molecular weight is 372 g/mol. The topological polar surface area (TPSA) is 75.7 Å². The summed E-state index contributed by atoms with van der Waals surface area (Å²) in [6, 6.07) is 13.7. The summed E-state index contributed by atoms with van der Waals surface area (Å²) in [5, 5.41) is 3.08. The van der Waals surface area contributed by atoms with E-state index in [0.29, 0.717) is 12.3 Å². The van der Waals surface area contributed by atoms with Crippen molar-refractivity contribution >= 4 is 27.3 Å². The Kier molecular flexibility index (Phi) is 4.11. The summed E-state index contributed by atoms with van der Waals surface area (Å²) in [5.41, 5.74) is 1.65. The molecule has 0 radical (unpaired) electrons. The Morgan fingerprint density at radius 1 is 1.12 bits per heavy atom. The van der Waals surface area contributed by atoms with Gasteiger partial charge in [-0.25, -0.2) is 13.2 Å². The second-order valence-corrected chi connectivity index (χ2v) is 8.98. The number of nitrogens with zero attached hydrogens (tertiary/aromatic N) is 1. The van der Waals surface area contributed by atoms with Crippen molar-refractivity contribution in [3.05, 3.63) is 48.5 Å². The predicted octanol–water partition coefficient (Wildman–Crippen LogP) is 3.44. The molecule has 0 spiro atoms. The minimum absolute atomic E-state index is 0.100. The molecule has 2 aromatic carbocycles. The monoisotopic (exact) mass is 372 g/mol. The van der Waals surface area contributed by atoms with Gasteiger partial charge in [0, 0.05) is 12.6 Å². The van der Waals surface area contributed by atoms with Gasteiger partial charge in [0.2, 0.25) is 0 Å². The number of carbonyl (C=O) groups is 1. The van der Waals surface area contributed by atoms with Crippen molar-refractivity contribution in [3.63, 3.8) is 0 Å². The van der Waals surface area contributed by atoms with Gasteiger partial charge in [0.1, 0.15) is 5.75 Å². The van der Waals surface area contributed by atoms with Crippen LogP contribution in [-0.2, 0) is 9.84 Å². The quantitative estimate of drug-likeness (QED) is 0.893. The van der Waals surface area contributed by atoms with E-state index in [2.05, 4.69) is 5.32 Å². The SMILES string of the molecule is CC1CN(C(=O)Oc2ccc(S(=O)(=O)C3CC3)cc2)c2ccccc2N1. The van der Waals surface area contributed by atoms with Crippen LogP contribution in [0.2, 0.25) is 0 Å². The van der Waals surface area contributed by atoms with Gasteiger partial charge in [-0.2, -0.15) is 0 Å². The van der Waals surface area contributed by atoms with E-state index in [-0.39, 0.29) is 16.2 Å². The molecule has 1 aliphatic heterocycles. The Balaban J connectivity index is 1.52. The van der Waals surface area contributed by atoms with Gasteiger partial charge in [-0.05, 0) is 56.2 Å². The lowest BCUT2D eigenvalue weighted by Gasteiger charge is -2.33. The van der Waals surface area contributed by atoms with Crippen LogP contribution in [-0.4, -0.2) is 32.3 Å². The van der Waals surface area contributed by atoms with Crippen LogP contribution in [0.15, 0.2) is 53.4 Å². The average Bonchev–Trinajstić information content (AvgIpc) is 3.47. The number of sulfone groups is 1. The van der Waals surface area contributed by atoms with E-state index in [1.807, 2.05) is 31.2 Å². The molecule has 0 aromatic heterocycles. The molecule has 1 fully saturated rings. The van der Waals surface area contributed by atoms with E-state index in [1.165, 1.54) is 24.3 Å². The van der Waals surface area contributed by atoms with Gasteiger partial charge in [-0.1, -0.05) is 12.1 Å². The largest absolute Gasteiger partial charge is 0.419 e.